The van der Waals surface area contributed by atoms with Crippen molar-refractivity contribution in [1.82, 2.24) is 15.5 Å². The van der Waals surface area contributed by atoms with Gasteiger partial charge in [-0.1, -0.05) is 17.7 Å². The molecule has 2 aromatic rings. The van der Waals surface area contributed by atoms with Crippen molar-refractivity contribution < 1.29 is 9.34 Å². The third-order valence-electron chi connectivity index (χ3n) is 2.20. The summed E-state index contributed by atoms with van der Waals surface area (Å²) in [6.07, 6.45) is 0. The Morgan fingerprint density at radius 2 is 2.28 bits per heavy atom. The molecular formula is C10H9ClN4O3. The van der Waals surface area contributed by atoms with Gasteiger partial charge < -0.3 is 9.73 Å². The van der Waals surface area contributed by atoms with E-state index >= 15 is 0 Å². The van der Waals surface area contributed by atoms with E-state index in [4.69, 9.17) is 16.0 Å². The summed E-state index contributed by atoms with van der Waals surface area (Å²) >= 11 is 5.95. The molecule has 0 bridgehead atoms. The minimum atomic E-state index is -0.539. The van der Waals surface area contributed by atoms with Gasteiger partial charge >= 0.3 is 0 Å². The van der Waals surface area contributed by atoms with Crippen LogP contribution in [0.3, 0.4) is 0 Å². The summed E-state index contributed by atoms with van der Waals surface area (Å²) in [6.45, 7) is 0.380. The Morgan fingerprint density at radius 1 is 1.50 bits per heavy atom. The van der Waals surface area contributed by atoms with E-state index in [1.54, 1.807) is 7.05 Å². The highest BCUT2D eigenvalue weighted by atomic mass is 35.5. The van der Waals surface area contributed by atoms with Gasteiger partial charge in [-0.15, -0.1) is 10.2 Å². The highest BCUT2D eigenvalue weighted by Crippen LogP contribution is 2.35. The predicted molar refractivity (Wildman–Crippen MR) is 64.2 cm³/mol. The minimum absolute atomic E-state index is 0.0394. The molecule has 0 fully saturated rings. The number of benzene rings is 1. The van der Waals surface area contributed by atoms with Crippen LogP contribution >= 0.6 is 11.6 Å². The summed E-state index contributed by atoms with van der Waals surface area (Å²) < 4.78 is 5.31. The fourth-order valence-corrected chi connectivity index (χ4v) is 1.70. The Kier molecular flexibility index (Phi) is 3.54. The summed E-state index contributed by atoms with van der Waals surface area (Å²) in [6, 6.07) is 4.36. The molecule has 0 unspecified atom stereocenters. The maximum atomic E-state index is 10.9. The van der Waals surface area contributed by atoms with Crippen LogP contribution in [0.1, 0.15) is 5.89 Å². The Labute approximate surface area is 107 Å². The SMILES string of the molecule is CNCc1nnc(-c2c(Cl)cccc2[N+](=O)[O-])o1. The van der Waals surface area contributed by atoms with Gasteiger partial charge in [-0.25, -0.2) is 0 Å². The van der Waals surface area contributed by atoms with Crippen LogP contribution in [-0.4, -0.2) is 22.2 Å². The first-order valence-electron chi connectivity index (χ1n) is 5.03. The lowest BCUT2D eigenvalue weighted by Gasteiger charge is -2.00. The quantitative estimate of drug-likeness (QED) is 0.673. The molecule has 0 spiro atoms. The smallest absolute Gasteiger partial charge is 0.283 e. The lowest BCUT2D eigenvalue weighted by Crippen LogP contribution is -2.04. The number of halogens is 1. The average Bonchev–Trinajstić information content (AvgIpc) is 2.77. The molecule has 1 N–H and O–H groups in total. The van der Waals surface area contributed by atoms with Gasteiger partial charge in [-0.3, -0.25) is 10.1 Å². The van der Waals surface area contributed by atoms with E-state index in [2.05, 4.69) is 15.5 Å². The molecule has 0 saturated heterocycles. The monoisotopic (exact) mass is 268 g/mol. The van der Waals surface area contributed by atoms with E-state index in [0.717, 1.165) is 0 Å². The second-order valence-electron chi connectivity index (χ2n) is 3.42. The van der Waals surface area contributed by atoms with E-state index in [-0.39, 0.29) is 22.2 Å². The molecule has 7 nitrogen and oxygen atoms in total. The summed E-state index contributed by atoms with van der Waals surface area (Å²) in [7, 11) is 1.72. The van der Waals surface area contributed by atoms with Crippen molar-refractivity contribution in [1.29, 1.82) is 0 Å². The number of nitrogens with one attached hydrogen (secondary N) is 1. The first-order chi connectivity index (χ1) is 8.63. The predicted octanol–water partition coefficient (Wildman–Crippen LogP) is 2.02. The van der Waals surface area contributed by atoms with Crippen LogP contribution in [0.15, 0.2) is 22.6 Å². The van der Waals surface area contributed by atoms with Gasteiger partial charge in [0, 0.05) is 6.07 Å². The minimum Gasteiger partial charge on any atom is -0.419 e. The molecule has 0 saturated carbocycles. The molecule has 8 heteroatoms. The molecule has 1 aromatic heterocycles. The molecular weight excluding hydrogens is 260 g/mol. The van der Waals surface area contributed by atoms with Gasteiger partial charge in [0.05, 0.1) is 16.5 Å². The highest BCUT2D eigenvalue weighted by molar-refractivity contribution is 6.33. The third-order valence-corrected chi connectivity index (χ3v) is 2.51. The normalized spacial score (nSPS) is 10.6. The summed E-state index contributed by atoms with van der Waals surface area (Å²) in [5.41, 5.74) is -0.0267. The molecule has 0 aliphatic carbocycles. The van der Waals surface area contributed by atoms with Crippen LogP contribution in [0.5, 0.6) is 0 Å². The first kappa shape index (κ1) is 12.5. The van der Waals surface area contributed by atoms with Crippen molar-refractivity contribution in [2.45, 2.75) is 6.54 Å². The summed E-state index contributed by atoms with van der Waals surface area (Å²) in [5, 5.41) is 21.5. The maximum Gasteiger partial charge on any atom is 0.283 e. The number of hydrogen-bond donors (Lipinski definition) is 1. The number of nitro groups is 1. The van der Waals surface area contributed by atoms with E-state index in [1.807, 2.05) is 0 Å². The van der Waals surface area contributed by atoms with Crippen molar-refractivity contribution in [3.63, 3.8) is 0 Å². The summed E-state index contributed by atoms with van der Waals surface area (Å²) in [4.78, 5) is 10.4. The topological polar surface area (TPSA) is 94.1 Å². The zero-order valence-electron chi connectivity index (χ0n) is 9.38. The molecule has 0 amide bonds. The zero-order chi connectivity index (χ0) is 13.1. The van der Waals surface area contributed by atoms with Crippen LogP contribution in [0, 0.1) is 10.1 Å². The van der Waals surface area contributed by atoms with Crippen LogP contribution in [0.4, 0.5) is 5.69 Å². The Morgan fingerprint density at radius 3 is 2.94 bits per heavy atom. The number of aromatic nitrogens is 2. The van der Waals surface area contributed by atoms with Gasteiger partial charge in [-0.2, -0.15) is 0 Å². The number of nitro benzene ring substituents is 1. The molecule has 18 heavy (non-hydrogen) atoms. The van der Waals surface area contributed by atoms with Gasteiger partial charge in [0.2, 0.25) is 5.89 Å². The zero-order valence-corrected chi connectivity index (χ0v) is 10.1. The number of rotatable bonds is 4. The lowest BCUT2D eigenvalue weighted by molar-refractivity contribution is -0.384. The van der Waals surface area contributed by atoms with Gasteiger partial charge in [0.15, 0.2) is 0 Å². The Bertz CT molecular complexity index is 584. The largest absolute Gasteiger partial charge is 0.419 e. The number of nitrogens with zero attached hydrogens (tertiary/aromatic N) is 3. The first-order valence-corrected chi connectivity index (χ1v) is 5.41. The Balaban J connectivity index is 2.51. The van der Waals surface area contributed by atoms with Crippen LogP contribution < -0.4 is 5.32 Å². The molecule has 0 aliphatic heterocycles. The molecule has 2 rings (SSSR count). The standard InChI is InChI=1S/C10H9ClN4O3/c1-12-5-8-13-14-10(18-8)9-6(11)3-2-4-7(9)15(16)17/h2-4,12H,5H2,1H3. The third kappa shape index (κ3) is 2.31. The molecule has 0 aliphatic rings. The van der Waals surface area contributed by atoms with Crippen LogP contribution in [-0.2, 0) is 6.54 Å². The van der Waals surface area contributed by atoms with Gasteiger partial charge in [0.25, 0.3) is 11.6 Å². The van der Waals surface area contributed by atoms with E-state index in [0.29, 0.717) is 12.4 Å². The molecule has 0 atom stereocenters. The van der Waals surface area contributed by atoms with Gasteiger partial charge in [-0.05, 0) is 13.1 Å². The average molecular weight is 269 g/mol. The van der Waals surface area contributed by atoms with Crippen molar-refractivity contribution in [3.8, 4) is 11.5 Å². The van der Waals surface area contributed by atoms with Crippen molar-refractivity contribution in [3.05, 3.63) is 39.2 Å². The van der Waals surface area contributed by atoms with E-state index in [1.165, 1.54) is 18.2 Å². The van der Waals surface area contributed by atoms with Crippen molar-refractivity contribution >= 4 is 17.3 Å². The number of hydrogen-bond acceptors (Lipinski definition) is 6. The second kappa shape index (κ2) is 5.11. The summed E-state index contributed by atoms with van der Waals surface area (Å²) in [5.74, 6) is 0.374. The Hall–Kier alpha value is -1.99. The molecule has 94 valence electrons. The van der Waals surface area contributed by atoms with E-state index < -0.39 is 4.92 Å². The fraction of sp³-hybridized carbons (Fsp3) is 0.200. The fourth-order valence-electron chi connectivity index (χ4n) is 1.45. The van der Waals surface area contributed by atoms with Crippen molar-refractivity contribution in [2.75, 3.05) is 7.05 Å². The van der Waals surface area contributed by atoms with E-state index in [9.17, 15) is 10.1 Å². The molecule has 1 aromatic carbocycles. The lowest BCUT2D eigenvalue weighted by atomic mass is 10.2. The van der Waals surface area contributed by atoms with Crippen LogP contribution in [0.25, 0.3) is 11.5 Å². The van der Waals surface area contributed by atoms with Gasteiger partial charge in [0.1, 0.15) is 5.56 Å². The molecule has 1 heterocycles. The highest BCUT2D eigenvalue weighted by Gasteiger charge is 2.23. The second-order valence-corrected chi connectivity index (χ2v) is 3.83. The van der Waals surface area contributed by atoms with Crippen LogP contribution in [0.2, 0.25) is 5.02 Å². The van der Waals surface area contributed by atoms with Crippen molar-refractivity contribution in [2.24, 2.45) is 0 Å². The molecule has 0 radical (unpaired) electrons. The maximum absolute atomic E-state index is 10.9.